The minimum Gasteiger partial charge on any atom is -0.488 e. The van der Waals surface area contributed by atoms with E-state index >= 15 is 0 Å². The normalized spacial score (nSPS) is 11.0. The fraction of sp³-hybridized carbons (Fsp3) is 0.327. The quantitative estimate of drug-likeness (QED) is 0.0617. The van der Waals surface area contributed by atoms with E-state index in [2.05, 4.69) is 77.2 Å². The summed E-state index contributed by atoms with van der Waals surface area (Å²) in [5.74, 6) is 0.938. The Kier molecular flexibility index (Phi) is 21.2. The fourth-order valence-electron chi connectivity index (χ4n) is 5.79. The standard InChI is InChI=1S/C27H31NO3S.C22H27NO4.C6H8S/c1-27(2,3)26(29)30-17-16-28(4)23-14-12-22(13-15-24-11-8-18-32-24)25(19-23)31-20-21-9-6-5-7-10-21;1-22(2,3)21(25)26-13-12-23(4)19-11-10-18(15-24)20(14-19)27-16-17-8-6-5-7-9-17;1-2-6-4-3-5-7-6/h5-15,18-19H,16-17,20H2,1-4H3;5-11,14-15H,12-13,16H2,1-4H3;3-5H,2H2,1H3/b15-13+;;. The lowest BCUT2D eigenvalue weighted by Crippen LogP contribution is -2.28. The molecule has 0 fully saturated rings. The second-order valence-corrected chi connectivity index (χ2v) is 19.5. The molecule has 0 unspecified atom stereocenters. The maximum Gasteiger partial charge on any atom is 0.311 e. The van der Waals surface area contributed by atoms with Crippen LogP contribution in [0.1, 0.15) is 85.3 Å². The molecule has 350 valence electrons. The number of rotatable bonds is 18. The van der Waals surface area contributed by atoms with Gasteiger partial charge in [-0.3, -0.25) is 14.4 Å². The number of aryl methyl sites for hydroxylation is 1. The van der Waals surface area contributed by atoms with Gasteiger partial charge in [0.2, 0.25) is 0 Å². The Morgan fingerprint density at radius 1 is 0.576 bits per heavy atom. The molecule has 0 spiro atoms. The van der Waals surface area contributed by atoms with Crippen LogP contribution in [0.2, 0.25) is 0 Å². The molecule has 2 aromatic heterocycles. The molecule has 0 radical (unpaired) electrons. The lowest BCUT2D eigenvalue weighted by atomic mass is 9.97. The Balaban J connectivity index is 0.000000253. The highest BCUT2D eigenvalue weighted by atomic mass is 32.1. The van der Waals surface area contributed by atoms with E-state index in [0.29, 0.717) is 50.8 Å². The van der Waals surface area contributed by atoms with Crippen molar-refractivity contribution in [3.05, 3.63) is 164 Å². The zero-order chi connectivity index (χ0) is 48.0. The fourth-order valence-corrected chi connectivity index (χ4v) is 7.06. The van der Waals surface area contributed by atoms with Gasteiger partial charge in [-0.1, -0.05) is 79.7 Å². The van der Waals surface area contributed by atoms with E-state index in [4.69, 9.17) is 18.9 Å². The highest BCUT2D eigenvalue weighted by Crippen LogP contribution is 2.29. The molecule has 0 N–H and O–H groups in total. The molecule has 2 heterocycles. The Hall–Kier alpha value is -6.17. The van der Waals surface area contributed by atoms with Crippen molar-refractivity contribution in [2.24, 2.45) is 10.8 Å². The second-order valence-electron chi connectivity index (χ2n) is 17.5. The first-order chi connectivity index (χ1) is 31.6. The Morgan fingerprint density at radius 3 is 1.45 bits per heavy atom. The minimum absolute atomic E-state index is 0.188. The van der Waals surface area contributed by atoms with Crippen LogP contribution in [0.5, 0.6) is 11.5 Å². The van der Waals surface area contributed by atoms with Crippen molar-refractivity contribution < 1.29 is 33.3 Å². The number of likely N-dealkylation sites (N-methyl/N-ethyl adjacent to an activating group) is 2. The van der Waals surface area contributed by atoms with Gasteiger partial charge in [0, 0.05) is 52.9 Å². The third-order valence-electron chi connectivity index (χ3n) is 9.92. The topological polar surface area (TPSA) is 94.6 Å². The summed E-state index contributed by atoms with van der Waals surface area (Å²) in [7, 11) is 3.89. The summed E-state index contributed by atoms with van der Waals surface area (Å²) in [5, 5.41) is 4.18. The molecule has 0 aliphatic carbocycles. The summed E-state index contributed by atoms with van der Waals surface area (Å²) in [6.45, 7) is 15.9. The number of hydrogen-bond donors (Lipinski definition) is 0. The molecule has 6 rings (SSSR count). The molecular formula is C55H66N2O7S2. The number of esters is 2. The van der Waals surface area contributed by atoms with Gasteiger partial charge < -0.3 is 28.7 Å². The van der Waals surface area contributed by atoms with Crippen molar-refractivity contribution in [3.63, 3.8) is 0 Å². The van der Waals surface area contributed by atoms with E-state index in [1.807, 2.05) is 145 Å². The lowest BCUT2D eigenvalue weighted by molar-refractivity contribution is -0.153. The van der Waals surface area contributed by atoms with E-state index in [1.165, 1.54) is 16.2 Å². The van der Waals surface area contributed by atoms with Crippen LogP contribution in [-0.2, 0) is 38.7 Å². The zero-order valence-corrected chi connectivity index (χ0v) is 41.6. The first kappa shape index (κ1) is 52.5. The molecule has 0 saturated heterocycles. The van der Waals surface area contributed by atoms with Gasteiger partial charge in [-0.15, -0.1) is 22.7 Å². The number of aldehydes is 1. The van der Waals surface area contributed by atoms with E-state index in [1.54, 1.807) is 17.4 Å². The molecule has 0 aliphatic rings. The van der Waals surface area contributed by atoms with Crippen molar-refractivity contribution in [1.82, 2.24) is 0 Å². The van der Waals surface area contributed by atoms with Crippen molar-refractivity contribution in [2.75, 3.05) is 50.2 Å². The van der Waals surface area contributed by atoms with Crippen LogP contribution in [0.4, 0.5) is 11.4 Å². The smallest absolute Gasteiger partial charge is 0.311 e. The van der Waals surface area contributed by atoms with Crippen LogP contribution >= 0.6 is 22.7 Å². The van der Waals surface area contributed by atoms with Gasteiger partial charge in [0.25, 0.3) is 0 Å². The van der Waals surface area contributed by atoms with Gasteiger partial charge in [-0.05, 0) is 118 Å². The van der Waals surface area contributed by atoms with E-state index < -0.39 is 10.8 Å². The predicted molar refractivity (Wildman–Crippen MR) is 274 cm³/mol. The summed E-state index contributed by atoms with van der Waals surface area (Å²) < 4.78 is 22.8. The predicted octanol–water partition coefficient (Wildman–Crippen LogP) is 12.9. The summed E-state index contributed by atoms with van der Waals surface area (Å²) >= 11 is 3.52. The number of nitrogens with zero attached hydrogens (tertiary/aromatic N) is 2. The van der Waals surface area contributed by atoms with Crippen molar-refractivity contribution in [1.29, 1.82) is 0 Å². The summed E-state index contributed by atoms with van der Waals surface area (Å²) in [6, 6.07) is 39.9. The van der Waals surface area contributed by atoms with Gasteiger partial charge in [0.05, 0.1) is 29.5 Å². The number of carbonyl (C=O) groups is 3. The monoisotopic (exact) mass is 930 g/mol. The summed E-state index contributed by atoms with van der Waals surface area (Å²) in [4.78, 5) is 41.8. The maximum absolute atomic E-state index is 12.0. The minimum atomic E-state index is -0.511. The molecule has 0 saturated carbocycles. The van der Waals surface area contributed by atoms with E-state index in [9.17, 15) is 14.4 Å². The molecule has 0 atom stereocenters. The SMILES string of the molecule is CCc1cccs1.CN(CCOC(=O)C(C)(C)C)c1ccc(/C=C/c2cccs2)c(OCc2ccccc2)c1.CN(CCOC(=O)C(C)(C)C)c1ccc(C=O)c(OCc2ccccc2)c1. The summed E-state index contributed by atoms with van der Waals surface area (Å²) in [6.07, 6.45) is 6.15. The van der Waals surface area contributed by atoms with Crippen LogP contribution in [0, 0.1) is 10.8 Å². The number of anilines is 2. The number of hydrogen-bond acceptors (Lipinski definition) is 11. The largest absolute Gasteiger partial charge is 0.488 e. The summed E-state index contributed by atoms with van der Waals surface area (Å²) in [5.41, 5.74) is 4.56. The molecule has 66 heavy (non-hydrogen) atoms. The van der Waals surface area contributed by atoms with Crippen LogP contribution < -0.4 is 19.3 Å². The zero-order valence-electron chi connectivity index (χ0n) is 40.0. The number of benzene rings is 4. The molecular weight excluding hydrogens is 865 g/mol. The molecule has 0 bridgehead atoms. The van der Waals surface area contributed by atoms with Crippen molar-refractivity contribution >= 4 is 64.4 Å². The second kappa shape index (κ2) is 26.7. The molecule has 9 nitrogen and oxygen atoms in total. The molecule has 6 aromatic rings. The van der Waals surface area contributed by atoms with Crippen LogP contribution in [0.3, 0.4) is 0 Å². The number of carbonyl (C=O) groups excluding carboxylic acids is 3. The highest BCUT2D eigenvalue weighted by Gasteiger charge is 2.24. The number of thiophene rings is 2. The maximum atomic E-state index is 12.0. The average Bonchev–Trinajstić information content (AvgIpc) is 4.05. The van der Waals surface area contributed by atoms with Gasteiger partial charge in [-0.25, -0.2) is 0 Å². The van der Waals surface area contributed by atoms with Gasteiger partial charge in [0.1, 0.15) is 37.9 Å². The first-order valence-corrected chi connectivity index (χ1v) is 23.9. The van der Waals surface area contributed by atoms with Crippen molar-refractivity contribution in [2.45, 2.75) is 68.1 Å². The van der Waals surface area contributed by atoms with E-state index in [0.717, 1.165) is 40.1 Å². The van der Waals surface area contributed by atoms with Gasteiger partial charge in [-0.2, -0.15) is 0 Å². The third-order valence-corrected chi connectivity index (χ3v) is 11.8. The third kappa shape index (κ3) is 18.4. The van der Waals surface area contributed by atoms with Crippen LogP contribution in [0.25, 0.3) is 12.2 Å². The number of ether oxygens (including phenoxy) is 4. The van der Waals surface area contributed by atoms with Gasteiger partial charge >= 0.3 is 11.9 Å². The lowest BCUT2D eigenvalue weighted by Gasteiger charge is -2.22. The Morgan fingerprint density at radius 2 is 1.05 bits per heavy atom. The molecule has 11 heteroatoms. The van der Waals surface area contributed by atoms with Crippen LogP contribution in [0.15, 0.2) is 132 Å². The highest BCUT2D eigenvalue weighted by molar-refractivity contribution is 7.11. The van der Waals surface area contributed by atoms with Gasteiger partial charge in [0.15, 0.2) is 6.29 Å². The molecule has 0 amide bonds. The molecule has 4 aromatic carbocycles. The Labute approximate surface area is 400 Å². The van der Waals surface area contributed by atoms with Crippen LogP contribution in [-0.4, -0.2) is 58.6 Å². The average molecular weight is 931 g/mol. The van der Waals surface area contributed by atoms with E-state index in [-0.39, 0.29) is 11.9 Å². The first-order valence-electron chi connectivity index (χ1n) is 22.1. The Bertz CT molecular complexity index is 2370. The van der Waals surface area contributed by atoms with Crippen molar-refractivity contribution in [3.8, 4) is 11.5 Å². The molecule has 0 aliphatic heterocycles.